The number of esters is 1. The van der Waals surface area contributed by atoms with Crippen LogP contribution < -0.4 is 5.11 Å². The lowest BCUT2D eigenvalue weighted by atomic mass is 9.96. The van der Waals surface area contributed by atoms with Crippen molar-refractivity contribution in [3.8, 4) is 0 Å². The van der Waals surface area contributed by atoms with Gasteiger partial charge in [-0.1, -0.05) is 117 Å². The van der Waals surface area contributed by atoms with Gasteiger partial charge in [0.1, 0.15) is 6.54 Å². The molecule has 0 N–H and O–H groups in total. The maximum Gasteiger partial charge on any atom is 0.306 e. The van der Waals surface area contributed by atoms with Crippen molar-refractivity contribution >= 4 is 11.9 Å². The second-order valence-electron chi connectivity index (χ2n) is 11.5. The number of hydrogen-bond acceptors (Lipinski definition) is 4. The topological polar surface area (TPSA) is 66.4 Å². The molecule has 202 valence electrons. The Morgan fingerprint density at radius 2 is 1.18 bits per heavy atom. The molecule has 0 fully saturated rings. The summed E-state index contributed by atoms with van der Waals surface area (Å²) in [5.41, 5.74) is 0. The summed E-state index contributed by atoms with van der Waals surface area (Å²) >= 11 is 0. The molecule has 0 aliphatic carbocycles. The van der Waals surface area contributed by atoms with Gasteiger partial charge in [0.15, 0.2) is 6.10 Å². The molecule has 0 spiro atoms. The Bertz CT molecular complexity index is 501. The molecule has 0 saturated carbocycles. The van der Waals surface area contributed by atoms with Crippen molar-refractivity contribution in [3.63, 3.8) is 0 Å². The van der Waals surface area contributed by atoms with E-state index in [0.29, 0.717) is 23.4 Å². The third-order valence-corrected chi connectivity index (χ3v) is 6.57. The van der Waals surface area contributed by atoms with E-state index in [0.717, 1.165) is 19.3 Å². The van der Waals surface area contributed by atoms with E-state index < -0.39 is 12.1 Å². The van der Waals surface area contributed by atoms with Gasteiger partial charge in [-0.25, -0.2) is 0 Å². The molecule has 34 heavy (non-hydrogen) atoms. The zero-order valence-corrected chi connectivity index (χ0v) is 23.4. The monoisotopic (exact) mass is 483 g/mol. The second-order valence-corrected chi connectivity index (χ2v) is 11.5. The van der Waals surface area contributed by atoms with Crippen molar-refractivity contribution in [1.29, 1.82) is 0 Å². The fourth-order valence-corrected chi connectivity index (χ4v) is 4.60. The molecule has 0 aromatic heterocycles. The van der Waals surface area contributed by atoms with Crippen molar-refractivity contribution in [1.82, 2.24) is 0 Å². The number of unbranched alkanes of at least 4 members (excludes halogenated alkanes) is 13. The van der Waals surface area contributed by atoms with Crippen LogP contribution in [0.25, 0.3) is 0 Å². The Labute approximate surface area is 211 Å². The van der Waals surface area contributed by atoms with Crippen LogP contribution in [0, 0.1) is 5.92 Å². The number of hydrogen-bond donors (Lipinski definition) is 0. The van der Waals surface area contributed by atoms with Gasteiger partial charge < -0.3 is 19.1 Å². The van der Waals surface area contributed by atoms with Gasteiger partial charge >= 0.3 is 5.97 Å². The van der Waals surface area contributed by atoms with Gasteiger partial charge in [-0.2, -0.15) is 0 Å². The smallest absolute Gasteiger partial charge is 0.306 e. The summed E-state index contributed by atoms with van der Waals surface area (Å²) in [5, 5.41) is 10.9. The zero-order chi connectivity index (χ0) is 25.7. The first kappa shape index (κ1) is 32.9. The molecule has 0 aromatic rings. The van der Waals surface area contributed by atoms with Gasteiger partial charge in [0.05, 0.1) is 21.1 Å². The lowest BCUT2D eigenvalue weighted by Crippen LogP contribution is -2.45. The van der Waals surface area contributed by atoms with Crippen LogP contribution in [0.5, 0.6) is 0 Å². The summed E-state index contributed by atoms with van der Waals surface area (Å²) in [5.74, 6) is -0.759. The van der Waals surface area contributed by atoms with Crippen molar-refractivity contribution in [2.24, 2.45) is 5.92 Å². The number of likely N-dealkylation sites (N-methyl/N-ethyl adjacent to an activating group) is 1. The maximum atomic E-state index is 12.1. The van der Waals surface area contributed by atoms with Gasteiger partial charge in [-0.05, 0) is 12.3 Å². The minimum Gasteiger partial charge on any atom is -0.550 e. The first-order chi connectivity index (χ1) is 16.1. The predicted octanol–water partition coefficient (Wildman–Crippen LogP) is 6.42. The molecular formula is C29H57NO4. The van der Waals surface area contributed by atoms with Crippen LogP contribution in [0.2, 0.25) is 0 Å². The van der Waals surface area contributed by atoms with Gasteiger partial charge in [0.25, 0.3) is 0 Å². The van der Waals surface area contributed by atoms with Gasteiger partial charge in [0.2, 0.25) is 0 Å². The lowest BCUT2D eigenvalue weighted by Gasteiger charge is -2.29. The fourth-order valence-electron chi connectivity index (χ4n) is 4.60. The van der Waals surface area contributed by atoms with Crippen molar-refractivity contribution < 1.29 is 23.9 Å². The van der Waals surface area contributed by atoms with Crippen LogP contribution in [0.4, 0.5) is 0 Å². The first-order valence-electron chi connectivity index (χ1n) is 14.3. The van der Waals surface area contributed by atoms with Crippen LogP contribution >= 0.6 is 0 Å². The van der Waals surface area contributed by atoms with E-state index in [1.54, 1.807) is 0 Å². The standard InChI is InChI=1S/C29H57NO4/c1-6-7-8-9-10-11-12-13-14-15-16-17-18-21-26(2)22-19-20-23-29(33)34-27(24-28(31)32)25-30(3,4)5/h26-27H,6-25H2,1-5H3. The molecule has 2 atom stereocenters. The highest BCUT2D eigenvalue weighted by Gasteiger charge is 2.22. The van der Waals surface area contributed by atoms with Crippen LogP contribution in [-0.2, 0) is 14.3 Å². The molecule has 0 amide bonds. The molecule has 0 saturated heterocycles. The SMILES string of the molecule is CCCCCCCCCCCCCCCC(C)CCCCC(=O)OC(CC(=O)[O-])C[N+](C)(C)C. The Morgan fingerprint density at radius 3 is 1.62 bits per heavy atom. The minimum absolute atomic E-state index is 0.239. The van der Waals surface area contributed by atoms with Crippen LogP contribution in [0.1, 0.15) is 136 Å². The third-order valence-electron chi connectivity index (χ3n) is 6.57. The molecular weight excluding hydrogens is 426 g/mol. The number of carboxylic acids is 1. The molecule has 0 radical (unpaired) electrons. The summed E-state index contributed by atoms with van der Waals surface area (Å²) in [4.78, 5) is 23.1. The highest BCUT2D eigenvalue weighted by molar-refractivity contribution is 5.70. The van der Waals surface area contributed by atoms with E-state index in [4.69, 9.17) is 4.74 Å². The normalized spacial score (nSPS) is 13.6. The van der Waals surface area contributed by atoms with E-state index in [9.17, 15) is 14.7 Å². The third kappa shape index (κ3) is 24.0. The fraction of sp³-hybridized carbons (Fsp3) is 0.931. The van der Waals surface area contributed by atoms with Crippen molar-refractivity contribution in [2.75, 3.05) is 27.7 Å². The molecule has 0 aliphatic rings. The number of nitrogens with zero attached hydrogens (tertiary/aromatic N) is 1. The summed E-state index contributed by atoms with van der Waals surface area (Å²) in [6.45, 7) is 5.06. The average molecular weight is 484 g/mol. The maximum absolute atomic E-state index is 12.1. The van der Waals surface area contributed by atoms with Crippen LogP contribution in [0.15, 0.2) is 0 Å². The molecule has 0 heterocycles. The molecule has 0 bridgehead atoms. The molecule has 2 unspecified atom stereocenters. The summed E-state index contributed by atoms with van der Waals surface area (Å²) in [6.07, 6.45) is 21.9. The van der Waals surface area contributed by atoms with E-state index >= 15 is 0 Å². The van der Waals surface area contributed by atoms with Gasteiger partial charge in [0, 0.05) is 18.8 Å². The van der Waals surface area contributed by atoms with Crippen molar-refractivity contribution in [2.45, 2.75) is 142 Å². The van der Waals surface area contributed by atoms with Gasteiger partial charge in [-0.15, -0.1) is 0 Å². The first-order valence-corrected chi connectivity index (χ1v) is 14.3. The van der Waals surface area contributed by atoms with E-state index in [-0.39, 0.29) is 12.4 Å². The number of carboxylic acid groups (broad SMARTS) is 1. The molecule has 0 aliphatic heterocycles. The van der Waals surface area contributed by atoms with Crippen LogP contribution in [-0.4, -0.2) is 50.2 Å². The molecule has 0 rings (SSSR count). The quantitative estimate of drug-likeness (QED) is 0.0902. The number of quaternary nitrogens is 1. The number of ether oxygens (including phenoxy) is 1. The predicted molar refractivity (Wildman–Crippen MR) is 140 cm³/mol. The van der Waals surface area contributed by atoms with Crippen molar-refractivity contribution in [3.05, 3.63) is 0 Å². The number of carbonyl (C=O) groups excluding carboxylic acids is 2. The Balaban J connectivity index is 3.63. The largest absolute Gasteiger partial charge is 0.550 e. The summed E-state index contributed by atoms with van der Waals surface area (Å²) in [6, 6.07) is 0. The molecule has 5 heteroatoms. The van der Waals surface area contributed by atoms with Crippen LogP contribution in [0.3, 0.4) is 0 Å². The summed E-state index contributed by atoms with van der Waals surface area (Å²) < 4.78 is 5.97. The number of aliphatic carboxylic acids is 1. The second kappa shape index (κ2) is 21.2. The Morgan fingerprint density at radius 1 is 0.735 bits per heavy atom. The molecule has 0 aromatic carbocycles. The van der Waals surface area contributed by atoms with E-state index in [1.165, 1.54) is 89.9 Å². The Hall–Kier alpha value is -1.10. The number of carbonyl (C=O) groups is 2. The highest BCUT2D eigenvalue weighted by atomic mass is 16.5. The highest BCUT2D eigenvalue weighted by Crippen LogP contribution is 2.19. The lowest BCUT2D eigenvalue weighted by molar-refractivity contribution is -0.873. The summed E-state index contributed by atoms with van der Waals surface area (Å²) in [7, 11) is 5.86. The minimum atomic E-state index is -1.17. The van der Waals surface area contributed by atoms with E-state index in [1.807, 2.05) is 21.1 Å². The van der Waals surface area contributed by atoms with Gasteiger partial charge in [-0.3, -0.25) is 4.79 Å². The average Bonchev–Trinajstić information content (AvgIpc) is 2.72. The van der Waals surface area contributed by atoms with E-state index in [2.05, 4.69) is 13.8 Å². The Kier molecular flexibility index (Phi) is 20.5. The zero-order valence-electron chi connectivity index (χ0n) is 23.4. The number of rotatable bonds is 24. The molecule has 5 nitrogen and oxygen atoms in total.